The molecule has 116 valence electrons. The summed E-state index contributed by atoms with van der Waals surface area (Å²) in [7, 11) is 3.97. The van der Waals surface area contributed by atoms with Crippen LogP contribution in [0.5, 0.6) is 5.75 Å². The SMILES string of the molecule is COc1ccc2c(c1)CCN(C)CCc1ccccc1CC2. The molecule has 1 heterocycles. The molecule has 3 rings (SSSR count). The molecular weight excluding hydrogens is 270 g/mol. The van der Waals surface area contributed by atoms with Crippen LogP contribution < -0.4 is 4.74 Å². The maximum Gasteiger partial charge on any atom is 0.119 e. The fraction of sp³-hybridized carbons (Fsp3) is 0.400. The molecule has 0 spiro atoms. The third-order valence-corrected chi connectivity index (χ3v) is 4.72. The number of aryl methyl sites for hydroxylation is 2. The van der Waals surface area contributed by atoms with E-state index in [1.807, 2.05) is 0 Å². The van der Waals surface area contributed by atoms with Gasteiger partial charge in [-0.3, -0.25) is 0 Å². The van der Waals surface area contributed by atoms with Gasteiger partial charge in [-0.25, -0.2) is 0 Å². The van der Waals surface area contributed by atoms with Crippen LogP contribution in [-0.2, 0) is 25.7 Å². The van der Waals surface area contributed by atoms with E-state index in [4.69, 9.17) is 4.74 Å². The van der Waals surface area contributed by atoms with E-state index in [1.54, 1.807) is 7.11 Å². The molecule has 0 bridgehead atoms. The van der Waals surface area contributed by atoms with Gasteiger partial charge in [-0.1, -0.05) is 30.3 Å². The van der Waals surface area contributed by atoms with Gasteiger partial charge in [0.25, 0.3) is 0 Å². The Morgan fingerprint density at radius 1 is 0.773 bits per heavy atom. The van der Waals surface area contributed by atoms with Crippen molar-refractivity contribution in [1.82, 2.24) is 4.90 Å². The summed E-state index contributed by atoms with van der Waals surface area (Å²) >= 11 is 0. The van der Waals surface area contributed by atoms with Crippen LogP contribution in [0, 0.1) is 0 Å². The minimum atomic E-state index is 0.969. The van der Waals surface area contributed by atoms with Crippen molar-refractivity contribution in [2.75, 3.05) is 27.2 Å². The summed E-state index contributed by atoms with van der Waals surface area (Å²) in [5.41, 5.74) is 5.90. The van der Waals surface area contributed by atoms with E-state index in [0.29, 0.717) is 0 Å². The monoisotopic (exact) mass is 295 g/mol. The van der Waals surface area contributed by atoms with Crippen molar-refractivity contribution in [1.29, 1.82) is 0 Å². The van der Waals surface area contributed by atoms with E-state index < -0.39 is 0 Å². The number of likely N-dealkylation sites (N-methyl/N-ethyl adjacent to an activating group) is 1. The molecule has 1 aliphatic heterocycles. The Bertz CT molecular complexity index is 635. The molecule has 0 radical (unpaired) electrons. The number of benzene rings is 2. The van der Waals surface area contributed by atoms with Gasteiger partial charge in [0, 0.05) is 13.1 Å². The van der Waals surface area contributed by atoms with Gasteiger partial charge < -0.3 is 9.64 Å². The van der Waals surface area contributed by atoms with Gasteiger partial charge >= 0.3 is 0 Å². The normalized spacial score (nSPS) is 16.3. The van der Waals surface area contributed by atoms with Crippen molar-refractivity contribution in [2.45, 2.75) is 25.7 Å². The smallest absolute Gasteiger partial charge is 0.119 e. The number of hydrogen-bond donors (Lipinski definition) is 0. The number of nitrogens with zero attached hydrogens (tertiary/aromatic N) is 1. The van der Waals surface area contributed by atoms with Crippen molar-refractivity contribution < 1.29 is 4.74 Å². The van der Waals surface area contributed by atoms with Crippen LogP contribution in [0.2, 0.25) is 0 Å². The number of rotatable bonds is 1. The van der Waals surface area contributed by atoms with Crippen LogP contribution in [0.1, 0.15) is 22.3 Å². The molecule has 22 heavy (non-hydrogen) atoms. The van der Waals surface area contributed by atoms with Gasteiger partial charge in [0.15, 0.2) is 0 Å². The highest BCUT2D eigenvalue weighted by atomic mass is 16.5. The van der Waals surface area contributed by atoms with Gasteiger partial charge in [-0.15, -0.1) is 0 Å². The van der Waals surface area contributed by atoms with Crippen LogP contribution in [0.4, 0.5) is 0 Å². The molecule has 0 aliphatic carbocycles. The molecule has 2 aromatic carbocycles. The lowest BCUT2D eigenvalue weighted by atomic mass is 9.95. The average molecular weight is 295 g/mol. The predicted octanol–water partition coefficient (Wildman–Crippen LogP) is 3.51. The largest absolute Gasteiger partial charge is 0.497 e. The second-order valence-electron chi connectivity index (χ2n) is 6.21. The Hall–Kier alpha value is -1.80. The molecule has 0 aromatic heterocycles. The number of methoxy groups -OCH3 is 1. The molecule has 1 aliphatic rings. The maximum atomic E-state index is 5.40. The molecule has 0 amide bonds. The topological polar surface area (TPSA) is 12.5 Å². The third kappa shape index (κ3) is 3.50. The highest BCUT2D eigenvalue weighted by Gasteiger charge is 2.11. The first-order chi connectivity index (χ1) is 10.8. The highest BCUT2D eigenvalue weighted by Crippen LogP contribution is 2.22. The molecule has 2 nitrogen and oxygen atoms in total. The quantitative estimate of drug-likeness (QED) is 0.798. The summed E-state index contributed by atoms with van der Waals surface area (Å²) in [5.74, 6) is 0.969. The molecule has 2 aromatic rings. The molecule has 0 N–H and O–H groups in total. The Balaban J connectivity index is 1.92. The molecule has 0 fully saturated rings. The molecular formula is C20H25NO. The number of hydrogen-bond acceptors (Lipinski definition) is 2. The van der Waals surface area contributed by atoms with E-state index in [2.05, 4.69) is 54.4 Å². The zero-order valence-electron chi connectivity index (χ0n) is 13.6. The fourth-order valence-electron chi connectivity index (χ4n) is 3.25. The van der Waals surface area contributed by atoms with Crippen molar-refractivity contribution in [3.05, 3.63) is 64.7 Å². The summed E-state index contributed by atoms with van der Waals surface area (Å²) in [4.78, 5) is 2.44. The minimum Gasteiger partial charge on any atom is -0.497 e. The number of fused-ring (bicyclic) bond motifs is 2. The molecule has 0 atom stereocenters. The van der Waals surface area contributed by atoms with Gasteiger partial charge in [0.05, 0.1) is 7.11 Å². The van der Waals surface area contributed by atoms with Crippen molar-refractivity contribution in [3.8, 4) is 5.75 Å². The molecule has 0 saturated heterocycles. The Labute approximate surface area is 133 Å². The van der Waals surface area contributed by atoms with E-state index in [1.165, 1.54) is 22.3 Å². The second kappa shape index (κ2) is 6.97. The molecule has 0 saturated carbocycles. The summed E-state index contributed by atoms with van der Waals surface area (Å²) in [5, 5.41) is 0. The predicted molar refractivity (Wildman–Crippen MR) is 91.7 cm³/mol. The standard InChI is InChI=1S/C20H25NO/c1-21-13-11-17-6-4-3-5-16(17)7-8-18-9-10-20(22-2)15-19(18)12-14-21/h3-6,9-10,15H,7-8,11-14H2,1-2H3. The van der Waals surface area contributed by atoms with E-state index >= 15 is 0 Å². The summed E-state index contributed by atoms with van der Waals surface area (Å²) in [6, 6.07) is 15.5. The van der Waals surface area contributed by atoms with Gasteiger partial charge in [-0.05, 0) is 67.1 Å². The van der Waals surface area contributed by atoms with Crippen LogP contribution in [0.25, 0.3) is 0 Å². The van der Waals surface area contributed by atoms with Crippen LogP contribution >= 0.6 is 0 Å². The fourth-order valence-corrected chi connectivity index (χ4v) is 3.25. The van der Waals surface area contributed by atoms with Gasteiger partial charge in [0.1, 0.15) is 5.75 Å². The zero-order chi connectivity index (χ0) is 15.4. The summed E-state index contributed by atoms with van der Waals surface area (Å²) in [6.07, 6.45) is 4.48. The first-order valence-corrected chi connectivity index (χ1v) is 8.17. The first-order valence-electron chi connectivity index (χ1n) is 8.17. The summed E-state index contributed by atoms with van der Waals surface area (Å²) in [6.45, 7) is 2.22. The maximum absolute atomic E-state index is 5.40. The van der Waals surface area contributed by atoms with Crippen molar-refractivity contribution in [2.24, 2.45) is 0 Å². The second-order valence-corrected chi connectivity index (χ2v) is 6.21. The van der Waals surface area contributed by atoms with Gasteiger partial charge in [-0.2, -0.15) is 0 Å². The Kier molecular flexibility index (Phi) is 4.79. The average Bonchev–Trinajstić information content (AvgIpc) is 2.59. The third-order valence-electron chi connectivity index (χ3n) is 4.72. The van der Waals surface area contributed by atoms with Gasteiger partial charge in [0.2, 0.25) is 0 Å². The Morgan fingerprint density at radius 2 is 1.36 bits per heavy atom. The Morgan fingerprint density at radius 3 is 2.05 bits per heavy atom. The lowest BCUT2D eigenvalue weighted by Crippen LogP contribution is -2.24. The molecule has 0 unspecified atom stereocenters. The lowest BCUT2D eigenvalue weighted by molar-refractivity contribution is 0.342. The van der Waals surface area contributed by atoms with Crippen LogP contribution in [0.3, 0.4) is 0 Å². The lowest BCUT2D eigenvalue weighted by Gasteiger charge is -2.17. The number of ether oxygens (including phenoxy) is 1. The van der Waals surface area contributed by atoms with Crippen molar-refractivity contribution in [3.63, 3.8) is 0 Å². The van der Waals surface area contributed by atoms with E-state index in [-0.39, 0.29) is 0 Å². The van der Waals surface area contributed by atoms with E-state index in [9.17, 15) is 0 Å². The summed E-state index contributed by atoms with van der Waals surface area (Å²) < 4.78 is 5.40. The van der Waals surface area contributed by atoms with E-state index in [0.717, 1.165) is 44.5 Å². The highest BCUT2D eigenvalue weighted by molar-refractivity contribution is 5.37. The van der Waals surface area contributed by atoms with Crippen molar-refractivity contribution >= 4 is 0 Å². The first kappa shape index (κ1) is 15.1. The van der Waals surface area contributed by atoms with Crippen LogP contribution in [-0.4, -0.2) is 32.1 Å². The minimum absolute atomic E-state index is 0.969. The molecule has 2 heteroatoms. The zero-order valence-corrected chi connectivity index (χ0v) is 13.6. The van der Waals surface area contributed by atoms with Crippen LogP contribution in [0.15, 0.2) is 42.5 Å².